The van der Waals surface area contributed by atoms with E-state index in [-0.39, 0.29) is 24.0 Å². The van der Waals surface area contributed by atoms with Crippen LogP contribution in [0.4, 0.5) is 0 Å². The van der Waals surface area contributed by atoms with Gasteiger partial charge in [0.1, 0.15) is 0 Å². The Morgan fingerprint density at radius 2 is 1.60 bits per heavy atom. The van der Waals surface area contributed by atoms with Crippen LogP contribution in [0.15, 0.2) is 54.6 Å². The van der Waals surface area contributed by atoms with Crippen molar-refractivity contribution >= 4 is 17.5 Å². The average molecular weight is 358 g/mol. The molecule has 1 aliphatic carbocycles. The first-order valence-corrected chi connectivity index (χ1v) is 9.27. The zero-order valence-electron chi connectivity index (χ0n) is 14.2. The SMILES string of the molecule is O=C(CC(c1ccccc1)c1ccc(Cl)cc1)NC1CCC(O)CC1. The highest BCUT2D eigenvalue weighted by Crippen LogP contribution is 2.29. The number of halogens is 1. The number of nitrogens with one attached hydrogen (secondary N) is 1. The summed E-state index contributed by atoms with van der Waals surface area (Å²) in [5, 5.41) is 13.4. The van der Waals surface area contributed by atoms with Crippen LogP contribution < -0.4 is 5.32 Å². The minimum atomic E-state index is -0.209. The minimum absolute atomic E-state index is 0.00708. The largest absolute Gasteiger partial charge is 0.393 e. The lowest BCUT2D eigenvalue weighted by atomic mass is 9.87. The Hall–Kier alpha value is -1.84. The second kappa shape index (κ2) is 8.50. The van der Waals surface area contributed by atoms with Gasteiger partial charge in [-0.15, -0.1) is 0 Å². The van der Waals surface area contributed by atoms with Crippen LogP contribution in [0.2, 0.25) is 5.02 Å². The van der Waals surface area contributed by atoms with Crippen molar-refractivity contribution in [2.24, 2.45) is 0 Å². The topological polar surface area (TPSA) is 49.3 Å². The predicted octanol–water partition coefficient (Wildman–Crippen LogP) is 4.28. The van der Waals surface area contributed by atoms with Crippen molar-refractivity contribution in [2.75, 3.05) is 0 Å². The van der Waals surface area contributed by atoms with Crippen molar-refractivity contribution in [1.82, 2.24) is 5.32 Å². The van der Waals surface area contributed by atoms with Crippen LogP contribution in [-0.4, -0.2) is 23.2 Å². The van der Waals surface area contributed by atoms with Gasteiger partial charge in [0.25, 0.3) is 0 Å². The molecule has 3 nitrogen and oxygen atoms in total. The maximum absolute atomic E-state index is 12.6. The van der Waals surface area contributed by atoms with Gasteiger partial charge in [-0.1, -0.05) is 54.1 Å². The van der Waals surface area contributed by atoms with Gasteiger partial charge in [-0.3, -0.25) is 4.79 Å². The first-order valence-electron chi connectivity index (χ1n) is 8.89. The molecule has 1 saturated carbocycles. The monoisotopic (exact) mass is 357 g/mol. The number of amides is 1. The van der Waals surface area contributed by atoms with Crippen LogP contribution in [-0.2, 0) is 4.79 Å². The molecule has 0 spiro atoms. The van der Waals surface area contributed by atoms with Crippen LogP contribution in [0.1, 0.15) is 49.1 Å². The van der Waals surface area contributed by atoms with Gasteiger partial charge in [0.05, 0.1) is 6.10 Å². The molecule has 0 aliphatic heterocycles. The Balaban J connectivity index is 1.71. The van der Waals surface area contributed by atoms with E-state index in [9.17, 15) is 9.90 Å². The molecular weight excluding hydrogens is 334 g/mol. The van der Waals surface area contributed by atoms with E-state index < -0.39 is 0 Å². The van der Waals surface area contributed by atoms with E-state index in [0.29, 0.717) is 11.4 Å². The highest BCUT2D eigenvalue weighted by atomic mass is 35.5. The van der Waals surface area contributed by atoms with Crippen LogP contribution in [0.5, 0.6) is 0 Å². The highest BCUT2D eigenvalue weighted by Gasteiger charge is 2.23. The fourth-order valence-electron chi connectivity index (χ4n) is 3.50. The fourth-order valence-corrected chi connectivity index (χ4v) is 3.63. The molecule has 1 aliphatic rings. The van der Waals surface area contributed by atoms with Crippen molar-refractivity contribution < 1.29 is 9.90 Å². The standard InChI is InChI=1S/C21H24ClNO2/c22-17-8-6-16(7-9-17)20(15-4-2-1-3-5-15)14-21(25)23-18-10-12-19(24)13-11-18/h1-9,18-20,24H,10-14H2,(H,23,25). The van der Waals surface area contributed by atoms with E-state index in [4.69, 9.17) is 11.6 Å². The highest BCUT2D eigenvalue weighted by molar-refractivity contribution is 6.30. The molecule has 0 bridgehead atoms. The normalized spacial score (nSPS) is 21.5. The maximum atomic E-state index is 12.6. The molecule has 2 N–H and O–H groups in total. The third-order valence-electron chi connectivity index (χ3n) is 4.93. The maximum Gasteiger partial charge on any atom is 0.221 e. The Morgan fingerprint density at radius 1 is 1.00 bits per heavy atom. The van der Waals surface area contributed by atoms with Gasteiger partial charge in [0.15, 0.2) is 0 Å². The molecule has 25 heavy (non-hydrogen) atoms. The van der Waals surface area contributed by atoms with E-state index in [1.807, 2.05) is 42.5 Å². The van der Waals surface area contributed by atoms with Gasteiger partial charge >= 0.3 is 0 Å². The van der Waals surface area contributed by atoms with Gasteiger partial charge in [-0.25, -0.2) is 0 Å². The van der Waals surface area contributed by atoms with Crippen LogP contribution in [0.25, 0.3) is 0 Å². The lowest BCUT2D eigenvalue weighted by Crippen LogP contribution is -2.39. The smallest absolute Gasteiger partial charge is 0.221 e. The molecule has 2 aromatic carbocycles. The van der Waals surface area contributed by atoms with Gasteiger partial charge < -0.3 is 10.4 Å². The Labute approximate surface area is 154 Å². The second-order valence-electron chi connectivity index (χ2n) is 6.79. The molecule has 1 fully saturated rings. The molecule has 0 saturated heterocycles. The van der Waals surface area contributed by atoms with Crippen molar-refractivity contribution in [1.29, 1.82) is 0 Å². The third kappa shape index (κ3) is 5.07. The zero-order valence-corrected chi connectivity index (χ0v) is 15.0. The van der Waals surface area contributed by atoms with Crippen molar-refractivity contribution in [3.63, 3.8) is 0 Å². The average Bonchev–Trinajstić information content (AvgIpc) is 2.63. The van der Waals surface area contributed by atoms with Crippen LogP contribution >= 0.6 is 11.6 Å². The first-order chi connectivity index (χ1) is 12.1. The fraction of sp³-hybridized carbons (Fsp3) is 0.381. The lowest BCUT2D eigenvalue weighted by Gasteiger charge is -2.27. The summed E-state index contributed by atoms with van der Waals surface area (Å²) < 4.78 is 0. The number of hydrogen-bond donors (Lipinski definition) is 2. The van der Waals surface area contributed by atoms with Gasteiger partial charge in [-0.2, -0.15) is 0 Å². The van der Waals surface area contributed by atoms with Gasteiger partial charge in [0.2, 0.25) is 5.91 Å². The third-order valence-corrected chi connectivity index (χ3v) is 5.18. The van der Waals surface area contributed by atoms with Crippen molar-refractivity contribution in [3.8, 4) is 0 Å². The summed E-state index contributed by atoms with van der Waals surface area (Å²) in [6.45, 7) is 0. The Kier molecular flexibility index (Phi) is 6.11. The number of carbonyl (C=O) groups excluding carboxylic acids is 1. The molecule has 3 rings (SSSR count). The molecule has 0 aromatic heterocycles. The molecule has 1 amide bonds. The number of rotatable bonds is 5. The predicted molar refractivity (Wildman–Crippen MR) is 101 cm³/mol. The minimum Gasteiger partial charge on any atom is -0.393 e. The molecule has 4 heteroatoms. The summed E-state index contributed by atoms with van der Waals surface area (Å²) in [5.41, 5.74) is 2.21. The Bertz CT molecular complexity index is 679. The number of carbonyl (C=O) groups is 1. The quantitative estimate of drug-likeness (QED) is 0.839. The molecule has 0 heterocycles. The van der Waals surface area contributed by atoms with Gasteiger partial charge in [0, 0.05) is 23.4 Å². The van der Waals surface area contributed by atoms with Gasteiger partial charge in [-0.05, 0) is 48.9 Å². The van der Waals surface area contributed by atoms with E-state index >= 15 is 0 Å². The number of benzene rings is 2. The molecule has 132 valence electrons. The summed E-state index contributed by atoms with van der Waals surface area (Å²) in [7, 11) is 0. The number of hydrogen-bond acceptors (Lipinski definition) is 2. The first kappa shape index (κ1) is 18.0. The summed E-state index contributed by atoms with van der Waals surface area (Å²) in [6.07, 6.45) is 3.44. The number of aliphatic hydroxyl groups excluding tert-OH is 1. The Morgan fingerprint density at radius 3 is 2.24 bits per heavy atom. The van der Waals surface area contributed by atoms with E-state index in [1.165, 1.54) is 0 Å². The van der Waals surface area contributed by atoms with Crippen LogP contribution in [0, 0.1) is 0 Å². The van der Waals surface area contributed by atoms with E-state index in [1.54, 1.807) is 0 Å². The molecule has 1 atom stereocenters. The lowest BCUT2D eigenvalue weighted by molar-refractivity contribution is -0.122. The van der Waals surface area contributed by atoms with Crippen molar-refractivity contribution in [2.45, 2.75) is 50.2 Å². The van der Waals surface area contributed by atoms with E-state index in [2.05, 4.69) is 17.4 Å². The molecular formula is C21H24ClNO2. The summed E-state index contributed by atoms with van der Waals surface area (Å²) >= 11 is 6.01. The molecule has 1 unspecified atom stereocenters. The van der Waals surface area contributed by atoms with Crippen molar-refractivity contribution in [3.05, 3.63) is 70.7 Å². The summed E-state index contributed by atoms with van der Waals surface area (Å²) in [6, 6.07) is 18.0. The summed E-state index contributed by atoms with van der Waals surface area (Å²) in [4.78, 5) is 12.6. The van der Waals surface area contributed by atoms with Crippen LogP contribution in [0.3, 0.4) is 0 Å². The zero-order chi connectivity index (χ0) is 17.6. The molecule has 0 radical (unpaired) electrons. The summed E-state index contributed by atoms with van der Waals surface area (Å²) in [5.74, 6) is 0.0674. The van der Waals surface area contributed by atoms with E-state index in [0.717, 1.165) is 36.8 Å². The number of aliphatic hydroxyl groups is 1. The molecule has 2 aromatic rings. The second-order valence-corrected chi connectivity index (χ2v) is 7.23.